The van der Waals surface area contributed by atoms with Gasteiger partial charge in [0.1, 0.15) is 12.6 Å². The first-order chi connectivity index (χ1) is 12.0. The van der Waals surface area contributed by atoms with Crippen LogP contribution in [-0.4, -0.2) is 24.1 Å². The number of hydrogen-bond acceptors (Lipinski definition) is 3. The van der Waals surface area contributed by atoms with E-state index in [1.165, 1.54) is 6.42 Å². The van der Waals surface area contributed by atoms with Gasteiger partial charge in [-0.05, 0) is 30.2 Å². The predicted molar refractivity (Wildman–Crippen MR) is 98.0 cm³/mol. The molecule has 25 heavy (non-hydrogen) atoms. The third-order valence-electron chi connectivity index (χ3n) is 4.87. The van der Waals surface area contributed by atoms with E-state index in [4.69, 9.17) is 4.74 Å². The Morgan fingerprint density at radius 1 is 1.16 bits per heavy atom. The molecule has 1 saturated carbocycles. The van der Waals surface area contributed by atoms with Gasteiger partial charge in [0.25, 0.3) is 0 Å². The number of benzene rings is 1. The Hall–Kier alpha value is -2.04. The summed E-state index contributed by atoms with van der Waals surface area (Å²) in [5.41, 5.74) is 0.916. The molecule has 3 atom stereocenters. The van der Waals surface area contributed by atoms with Crippen molar-refractivity contribution in [2.24, 2.45) is 11.8 Å². The summed E-state index contributed by atoms with van der Waals surface area (Å²) in [7, 11) is 0. The molecule has 0 bridgehead atoms. The molecule has 0 spiro atoms. The highest BCUT2D eigenvalue weighted by molar-refractivity contribution is 5.86. The summed E-state index contributed by atoms with van der Waals surface area (Å²) in [6.07, 6.45) is 3.97. The summed E-state index contributed by atoms with van der Waals surface area (Å²) < 4.78 is 5.24. The van der Waals surface area contributed by atoms with Crippen LogP contribution in [-0.2, 0) is 16.1 Å². The molecular weight excluding hydrogens is 316 g/mol. The predicted octanol–water partition coefficient (Wildman–Crippen LogP) is 3.63. The molecule has 1 aromatic carbocycles. The zero-order valence-corrected chi connectivity index (χ0v) is 15.5. The van der Waals surface area contributed by atoms with Crippen molar-refractivity contribution >= 4 is 12.0 Å². The van der Waals surface area contributed by atoms with Crippen molar-refractivity contribution in [2.45, 2.75) is 65.1 Å². The van der Waals surface area contributed by atoms with Crippen LogP contribution in [0.25, 0.3) is 0 Å². The fraction of sp³-hybridized carbons (Fsp3) is 0.600. The Morgan fingerprint density at radius 3 is 2.48 bits per heavy atom. The van der Waals surface area contributed by atoms with E-state index in [0.717, 1.165) is 24.8 Å². The third-order valence-corrected chi connectivity index (χ3v) is 4.87. The molecule has 0 radical (unpaired) electrons. The fourth-order valence-electron chi connectivity index (χ4n) is 3.23. The normalized spacial score (nSPS) is 21.4. The summed E-state index contributed by atoms with van der Waals surface area (Å²) >= 11 is 0. The maximum atomic E-state index is 12.6. The van der Waals surface area contributed by atoms with Crippen LogP contribution in [0.2, 0.25) is 0 Å². The molecule has 0 heterocycles. The maximum absolute atomic E-state index is 12.6. The van der Waals surface area contributed by atoms with Gasteiger partial charge in [0.2, 0.25) is 5.91 Å². The van der Waals surface area contributed by atoms with Crippen molar-refractivity contribution in [2.75, 3.05) is 0 Å². The van der Waals surface area contributed by atoms with E-state index in [0.29, 0.717) is 5.92 Å². The van der Waals surface area contributed by atoms with Gasteiger partial charge in [0.05, 0.1) is 0 Å². The minimum absolute atomic E-state index is 0.0110. The summed E-state index contributed by atoms with van der Waals surface area (Å²) in [6, 6.07) is 9.10. The van der Waals surface area contributed by atoms with Gasteiger partial charge in [-0.1, -0.05) is 63.9 Å². The molecule has 5 heteroatoms. The van der Waals surface area contributed by atoms with Crippen molar-refractivity contribution in [3.63, 3.8) is 0 Å². The molecule has 1 fully saturated rings. The molecule has 2 amide bonds. The lowest BCUT2D eigenvalue weighted by Crippen LogP contribution is -2.53. The third kappa shape index (κ3) is 6.07. The monoisotopic (exact) mass is 346 g/mol. The zero-order chi connectivity index (χ0) is 18.2. The van der Waals surface area contributed by atoms with Crippen molar-refractivity contribution in [3.8, 4) is 0 Å². The average Bonchev–Trinajstić information content (AvgIpc) is 2.60. The molecule has 2 N–H and O–H groups in total. The maximum Gasteiger partial charge on any atom is 0.408 e. The molecule has 1 aromatic rings. The van der Waals surface area contributed by atoms with E-state index in [9.17, 15) is 9.59 Å². The second-order valence-corrected chi connectivity index (χ2v) is 7.30. The van der Waals surface area contributed by atoms with Crippen LogP contribution in [0.3, 0.4) is 0 Å². The molecule has 0 saturated heterocycles. The highest BCUT2D eigenvalue weighted by atomic mass is 16.5. The molecular formula is C20H30N2O3. The first kappa shape index (κ1) is 19.3. The molecule has 0 aromatic heterocycles. The second-order valence-electron chi connectivity index (χ2n) is 7.30. The summed E-state index contributed by atoms with van der Waals surface area (Å²) in [5.74, 6) is 0.351. The number of carbonyl (C=O) groups is 2. The van der Waals surface area contributed by atoms with Gasteiger partial charge in [-0.25, -0.2) is 4.79 Å². The van der Waals surface area contributed by atoms with Gasteiger partial charge in [-0.15, -0.1) is 0 Å². The molecule has 0 aliphatic heterocycles. The first-order valence-electron chi connectivity index (χ1n) is 9.25. The van der Waals surface area contributed by atoms with Crippen molar-refractivity contribution in [3.05, 3.63) is 35.9 Å². The minimum atomic E-state index is -0.586. The van der Waals surface area contributed by atoms with Gasteiger partial charge < -0.3 is 15.4 Å². The molecule has 1 aliphatic carbocycles. The minimum Gasteiger partial charge on any atom is -0.445 e. The smallest absolute Gasteiger partial charge is 0.408 e. The van der Waals surface area contributed by atoms with Crippen LogP contribution in [0.1, 0.15) is 52.0 Å². The van der Waals surface area contributed by atoms with Crippen LogP contribution in [0.15, 0.2) is 30.3 Å². The summed E-state index contributed by atoms with van der Waals surface area (Å²) in [4.78, 5) is 24.7. The van der Waals surface area contributed by atoms with Crippen molar-refractivity contribution in [1.82, 2.24) is 10.6 Å². The van der Waals surface area contributed by atoms with Gasteiger partial charge >= 0.3 is 6.09 Å². The quantitative estimate of drug-likeness (QED) is 0.826. The SMILES string of the molecule is CC(C)[C@H](NC(=O)OCc1ccccc1)C(=O)N[C@@H]1CCCC[C@H]1C. The van der Waals surface area contributed by atoms with E-state index in [1.54, 1.807) is 0 Å². The Morgan fingerprint density at radius 2 is 1.84 bits per heavy atom. The van der Waals surface area contributed by atoms with Crippen LogP contribution >= 0.6 is 0 Å². The van der Waals surface area contributed by atoms with E-state index >= 15 is 0 Å². The van der Waals surface area contributed by atoms with Gasteiger partial charge in [-0.3, -0.25) is 4.79 Å². The lowest BCUT2D eigenvalue weighted by atomic mass is 9.85. The number of hydrogen-bond donors (Lipinski definition) is 2. The standard InChI is InChI=1S/C20H30N2O3/c1-14(2)18(19(23)21-17-12-8-7-9-15(17)3)22-20(24)25-13-16-10-5-4-6-11-16/h4-6,10-11,14-15,17-18H,7-9,12-13H2,1-3H3,(H,21,23)(H,22,24)/t15-,17-,18+/m1/s1. The van der Waals surface area contributed by atoms with E-state index < -0.39 is 12.1 Å². The number of amides is 2. The average molecular weight is 346 g/mol. The van der Waals surface area contributed by atoms with Crippen molar-refractivity contribution in [1.29, 1.82) is 0 Å². The topological polar surface area (TPSA) is 67.4 Å². The lowest BCUT2D eigenvalue weighted by Gasteiger charge is -2.31. The highest BCUT2D eigenvalue weighted by Crippen LogP contribution is 2.24. The van der Waals surface area contributed by atoms with E-state index in [1.807, 2.05) is 44.2 Å². The number of rotatable bonds is 6. The Balaban J connectivity index is 1.86. The Labute approximate surface area is 150 Å². The number of alkyl carbamates (subject to hydrolysis) is 1. The molecule has 1 aliphatic rings. The highest BCUT2D eigenvalue weighted by Gasteiger charge is 2.29. The molecule has 5 nitrogen and oxygen atoms in total. The number of nitrogens with one attached hydrogen (secondary N) is 2. The van der Waals surface area contributed by atoms with Crippen LogP contribution in [0.5, 0.6) is 0 Å². The summed E-state index contributed by atoms with van der Waals surface area (Å²) in [5, 5.41) is 5.84. The Bertz CT molecular complexity index is 559. The van der Waals surface area contributed by atoms with Crippen LogP contribution < -0.4 is 10.6 Å². The molecule has 2 rings (SSSR count). The lowest BCUT2D eigenvalue weighted by molar-refractivity contribution is -0.125. The zero-order valence-electron chi connectivity index (χ0n) is 15.5. The van der Waals surface area contributed by atoms with Gasteiger partial charge in [-0.2, -0.15) is 0 Å². The van der Waals surface area contributed by atoms with Gasteiger partial charge in [0.15, 0.2) is 0 Å². The molecule has 138 valence electrons. The summed E-state index contributed by atoms with van der Waals surface area (Å²) in [6.45, 7) is 6.22. The van der Waals surface area contributed by atoms with Crippen LogP contribution in [0, 0.1) is 11.8 Å². The second kappa shape index (κ2) is 9.44. The van der Waals surface area contributed by atoms with Crippen molar-refractivity contribution < 1.29 is 14.3 Å². The fourth-order valence-corrected chi connectivity index (χ4v) is 3.23. The number of ether oxygens (including phenoxy) is 1. The van der Waals surface area contributed by atoms with E-state index in [-0.39, 0.29) is 24.5 Å². The van der Waals surface area contributed by atoms with Gasteiger partial charge in [0, 0.05) is 6.04 Å². The van der Waals surface area contributed by atoms with E-state index in [2.05, 4.69) is 17.6 Å². The molecule has 0 unspecified atom stereocenters. The van der Waals surface area contributed by atoms with Crippen LogP contribution in [0.4, 0.5) is 4.79 Å². The number of carbonyl (C=O) groups excluding carboxylic acids is 2. The first-order valence-corrected chi connectivity index (χ1v) is 9.25. The largest absolute Gasteiger partial charge is 0.445 e. The Kier molecular flexibility index (Phi) is 7.29.